The maximum atomic E-state index is 10.9. The van der Waals surface area contributed by atoms with Crippen molar-refractivity contribution in [1.29, 1.82) is 0 Å². The van der Waals surface area contributed by atoms with Crippen molar-refractivity contribution in [3.05, 3.63) is 46.8 Å². The first-order valence-electron chi connectivity index (χ1n) is 5.93. The average Bonchev–Trinajstić information content (AvgIpc) is 2.73. The van der Waals surface area contributed by atoms with Gasteiger partial charge in [0.25, 0.3) is 0 Å². The molecule has 0 bridgehead atoms. The van der Waals surface area contributed by atoms with Crippen LogP contribution < -0.4 is 4.74 Å². The van der Waals surface area contributed by atoms with Crippen molar-refractivity contribution in [2.75, 3.05) is 0 Å². The monoisotopic (exact) mass is 260 g/mol. The van der Waals surface area contributed by atoms with E-state index in [2.05, 4.69) is 5.10 Å². The van der Waals surface area contributed by atoms with Gasteiger partial charge in [-0.1, -0.05) is 0 Å². The topological polar surface area (TPSA) is 64.3 Å². The van der Waals surface area contributed by atoms with Gasteiger partial charge in [0, 0.05) is 13.2 Å². The molecule has 0 saturated carbocycles. The SMILES string of the molecule is Cc1cc(C(=O)O)cc(C)c1OCc1ccn(C)n1. The van der Waals surface area contributed by atoms with Crippen molar-refractivity contribution < 1.29 is 14.6 Å². The Hall–Kier alpha value is -2.30. The van der Waals surface area contributed by atoms with E-state index in [0.29, 0.717) is 6.61 Å². The summed E-state index contributed by atoms with van der Waals surface area (Å²) >= 11 is 0. The highest BCUT2D eigenvalue weighted by atomic mass is 16.5. The second-order valence-corrected chi connectivity index (χ2v) is 4.51. The van der Waals surface area contributed by atoms with E-state index in [9.17, 15) is 4.79 Å². The molecule has 100 valence electrons. The lowest BCUT2D eigenvalue weighted by molar-refractivity contribution is 0.0696. The molecule has 2 rings (SSSR count). The number of hydrogen-bond acceptors (Lipinski definition) is 3. The number of hydrogen-bond donors (Lipinski definition) is 1. The molecule has 1 heterocycles. The van der Waals surface area contributed by atoms with Gasteiger partial charge < -0.3 is 9.84 Å². The molecule has 0 spiro atoms. The molecule has 5 nitrogen and oxygen atoms in total. The number of benzene rings is 1. The van der Waals surface area contributed by atoms with Crippen LogP contribution in [-0.2, 0) is 13.7 Å². The first kappa shape index (κ1) is 13.1. The molecular weight excluding hydrogens is 244 g/mol. The fourth-order valence-electron chi connectivity index (χ4n) is 1.99. The van der Waals surface area contributed by atoms with Gasteiger partial charge in [0.05, 0.1) is 11.3 Å². The molecule has 1 aromatic carbocycles. The molecule has 0 atom stereocenters. The van der Waals surface area contributed by atoms with Gasteiger partial charge in [-0.3, -0.25) is 4.68 Å². The fourth-order valence-corrected chi connectivity index (χ4v) is 1.99. The summed E-state index contributed by atoms with van der Waals surface area (Å²) in [6, 6.07) is 5.11. The standard InChI is InChI=1S/C14H16N2O3/c1-9-6-11(14(17)18)7-10(2)13(9)19-8-12-4-5-16(3)15-12/h4-7H,8H2,1-3H3,(H,17,18). The van der Waals surface area contributed by atoms with Gasteiger partial charge in [-0.2, -0.15) is 5.10 Å². The van der Waals surface area contributed by atoms with Gasteiger partial charge in [0.15, 0.2) is 0 Å². The molecule has 0 aliphatic rings. The van der Waals surface area contributed by atoms with E-state index in [0.717, 1.165) is 22.6 Å². The van der Waals surface area contributed by atoms with Crippen molar-refractivity contribution in [1.82, 2.24) is 9.78 Å². The Morgan fingerprint density at radius 1 is 1.37 bits per heavy atom. The van der Waals surface area contributed by atoms with E-state index in [4.69, 9.17) is 9.84 Å². The lowest BCUT2D eigenvalue weighted by Crippen LogP contribution is -2.03. The lowest BCUT2D eigenvalue weighted by atomic mass is 10.1. The summed E-state index contributed by atoms with van der Waals surface area (Å²) in [6.45, 7) is 4.05. The van der Waals surface area contributed by atoms with Crippen LogP contribution in [0.15, 0.2) is 24.4 Å². The summed E-state index contributed by atoms with van der Waals surface area (Å²) in [5.74, 6) is -0.210. The number of rotatable bonds is 4. The van der Waals surface area contributed by atoms with E-state index in [1.54, 1.807) is 16.8 Å². The third kappa shape index (κ3) is 2.93. The molecule has 0 aliphatic heterocycles. The van der Waals surface area contributed by atoms with E-state index in [1.165, 1.54) is 0 Å². The maximum absolute atomic E-state index is 10.9. The molecule has 1 N–H and O–H groups in total. The quantitative estimate of drug-likeness (QED) is 0.916. The molecule has 5 heteroatoms. The Morgan fingerprint density at radius 3 is 2.47 bits per heavy atom. The fraction of sp³-hybridized carbons (Fsp3) is 0.286. The van der Waals surface area contributed by atoms with Crippen LogP contribution in [0.5, 0.6) is 5.75 Å². The summed E-state index contributed by atoms with van der Waals surface area (Å²) in [4.78, 5) is 10.9. The van der Waals surface area contributed by atoms with E-state index in [1.807, 2.05) is 33.2 Å². The number of aryl methyl sites for hydroxylation is 3. The molecular formula is C14H16N2O3. The van der Waals surface area contributed by atoms with E-state index >= 15 is 0 Å². The Labute approximate surface area is 111 Å². The summed E-state index contributed by atoms with van der Waals surface area (Å²) in [6.07, 6.45) is 1.85. The number of carbonyl (C=O) groups is 1. The molecule has 2 aromatic rings. The number of aromatic nitrogens is 2. The maximum Gasteiger partial charge on any atom is 0.335 e. The van der Waals surface area contributed by atoms with Crippen LogP contribution in [0.1, 0.15) is 27.2 Å². The van der Waals surface area contributed by atoms with Crippen LogP contribution in [0.25, 0.3) is 0 Å². The molecule has 0 saturated heterocycles. The summed E-state index contributed by atoms with van der Waals surface area (Å²) < 4.78 is 7.45. The largest absolute Gasteiger partial charge is 0.487 e. The zero-order chi connectivity index (χ0) is 14.0. The number of carboxylic acid groups (broad SMARTS) is 1. The van der Waals surface area contributed by atoms with Crippen molar-refractivity contribution in [2.45, 2.75) is 20.5 Å². The van der Waals surface area contributed by atoms with Crippen molar-refractivity contribution in [2.24, 2.45) is 7.05 Å². The molecule has 0 fully saturated rings. The second kappa shape index (κ2) is 5.14. The third-order valence-electron chi connectivity index (χ3n) is 2.84. The van der Waals surface area contributed by atoms with Crippen molar-refractivity contribution in [3.8, 4) is 5.75 Å². The Balaban J connectivity index is 2.18. The zero-order valence-corrected chi connectivity index (χ0v) is 11.2. The Kier molecular flexibility index (Phi) is 3.55. The molecule has 1 aromatic heterocycles. The first-order chi connectivity index (χ1) is 8.97. The molecule has 0 radical (unpaired) electrons. The molecule has 0 amide bonds. The van der Waals surface area contributed by atoms with Crippen LogP contribution in [0.2, 0.25) is 0 Å². The van der Waals surface area contributed by atoms with Crippen molar-refractivity contribution in [3.63, 3.8) is 0 Å². The number of nitrogens with zero attached hydrogens (tertiary/aromatic N) is 2. The highest BCUT2D eigenvalue weighted by molar-refractivity contribution is 5.88. The smallest absolute Gasteiger partial charge is 0.335 e. The third-order valence-corrected chi connectivity index (χ3v) is 2.84. The van der Waals surface area contributed by atoms with Crippen LogP contribution in [0, 0.1) is 13.8 Å². The number of aromatic carboxylic acids is 1. The normalized spacial score (nSPS) is 10.5. The van der Waals surface area contributed by atoms with E-state index in [-0.39, 0.29) is 5.56 Å². The second-order valence-electron chi connectivity index (χ2n) is 4.51. The average molecular weight is 260 g/mol. The highest BCUT2D eigenvalue weighted by Gasteiger charge is 2.11. The highest BCUT2D eigenvalue weighted by Crippen LogP contribution is 2.25. The molecule has 0 unspecified atom stereocenters. The predicted molar refractivity (Wildman–Crippen MR) is 70.4 cm³/mol. The van der Waals surface area contributed by atoms with Crippen LogP contribution in [-0.4, -0.2) is 20.9 Å². The minimum atomic E-state index is -0.928. The van der Waals surface area contributed by atoms with Gasteiger partial charge in [-0.05, 0) is 43.2 Å². The van der Waals surface area contributed by atoms with Gasteiger partial charge in [-0.25, -0.2) is 4.79 Å². The van der Waals surface area contributed by atoms with E-state index < -0.39 is 5.97 Å². The number of carboxylic acids is 1. The van der Waals surface area contributed by atoms with Crippen molar-refractivity contribution >= 4 is 5.97 Å². The van der Waals surface area contributed by atoms with Gasteiger partial charge in [0.1, 0.15) is 12.4 Å². The van der Waals surface area contributed by atoms with Crippen LogP contribution in [0.3, 0.4) is 0 Å². The summed E-state index contributed by atoms with van der Waals surface area (Å²) in [5.41, 5.74) is 2.74. The predicted octanol–water partition coefficient (Wildman–Crippen LogP) is 2.31. The minimum absolute atomic E-state index is 0.278. The van der Waals surface area contributed by atoms with Crippen LogP contribution in [0.4, 0.5) is 0 Å². The summed E-state index contributed by atoms with van der Waals surface area (Å²) in [5, 5.41) is 13.2. The summed E-state index contributed by atoms with van der Waals surface area (Å²) in [7, 11) is 1.85. The first-order valence-corrected chi connectivity index (χ1v) is 5.93. The Morgan fingerprint density at radius 2 is 2.00 bits per heavy atom. The van der Waals surface area contributed by atoms with Gasteiger partial charge >= 0.3 is 5.97 Å². The molecule has 0 aliphatic carbocycles. The zero-order valence-electron chi connectivity index (χ0n) is 11.2. The number of ether oxygens (including phenoxy) is 1. The Bertz CT molecular complexity index is 594. The van der Waals surface area contributed by atoms with Crippen LogP contribution >= 0.6 is 0 Å². The van der Waals surface area contributed by atoms with Gasteiger partial charge in [0.2, 0.25) is 0 Å². The minimum Gasteiger partial charge on any atom is -0.487 e. The lowest BCUT2D eigenvalue weighted by Gasteiger charge is -2.12. The van der Waals surface area contributed by atoms with Gasteiger partial charge in [-0.15, -0.1) is 0 Å². The molecule has 19 heavy (non-hydrogen) atoms.